The fourth-order valence-corrected chi connectivity index (χ4v) is 4.58. The van der Waals surface area contributed by atoms with E-state index in [1.54, 1.807) is 0 Å². The third kappa shape index (κ3) is 3.16. The highest BCUT2D eigenvalue weighted by Gasteiger charge is 2.39. The molecule has 0 radical (unpaired) electrons. The Kier molecular flexibility index (Phi) is 4.81. The molecular formula is C21H27N3O2. The fraction of sp³-hybridized carbons (Fsp3) is 0.524. The number of rotatable bonds is 4. The lowest BCUT2D eigenvalue weighted by atomic mass is 9.83. The second kappa shape index (κ2) is 7.23. The Balaban J connectivity index is 1.54. The molecule has 4 rings (SSSR count). The summed E-state index contributed by atoms with van der Waals surface area (Å²) in [5.74, 6) is 1.81. The van der Waals surface area contributed by atoms with Gasteiger partial charge in [-0.25, -0.2) is 4.98 Å². The maximum Gasteiger partial charge on any atom is 0.222 e. The van der Waals surface area contributed by atoms with Crippen LogP contribution >= 0.6 is 0 Å². The van der Waals surface area contributed by atoms with Crippen molar-refractivity contribution in [1.29, 1.82) is 0 Å². The molecule has 1 amide bonds. The zero-order valence-corrected chi connectivity index (χ0v) is 15.4. The first-order valence-corrected chi connectivity index (χ1v) is 9.69. The summed E-state index contributed by atoms with van der Waals surface area (Å²) in [7, 11) is 0. The molecule has 0 bridgehead atoms. The SMILES string of the molecule is Cc1cc(N2CC[C@H]3[C@H](CCC(=O)N3CCCO)C2)nc2ccccc12. The third-order valence-corrected chi connectivity index (χ3v) is 5.93. The minimum absolute atomic E-state index is 0.146. The predicted octanol–water partition coefficient (Wildman–Crippen LogP) is 2.74. The Bertz CT molecular complexity index is 807. The number of anilines is 1. The average Bonchev–Trinajstić information content (AvgIpc) is 2.67. The molecule has 0 spiro atoms. The van der Waals surface area contributed by atoms with E-state index in [2.05, 4.69) is 36.1 Å². The van der Waals surface area contributed by atoms with Gasteiger partial charge in [-0.1, -0.05) is 18.2 Å². The summed E-state index contributed by atoms with van der Waals surface area (Å²) in [6.07, 6.45) is 3.24. The van der Waals surface area contributed by atoms with Gasteiger partial charge in [-0.3, -0.25) is 4.79 Å². The number of aliphatic hydroxyl groups excluding tert-OH is 1. The van der Waals surface area contributed by atoms with Crippen LogP contribution < -0.4 is 4.90 Å². The summed E-state index contributed by atoms with van der Waals surface area (Å²) in [5, 5.41) is 10.3. The molecule has 0 unspecified atom stereocenters. The van der Waals surface area contributed by atoms with E-state index in [0.29, 0.717) is 31.3 Å². The Morgan fingerprint density at radius 1 is 1.27 bits per heavy atom. The standard InChI is InChI=1S/C21H27N3O2/c1-15-13-20(22-18-6-3-2-5-17(15)18)23-11-9-19-16(14-23)7-8-21(26)24(19)10-4-12-25/h2-3,5-6,13,16,19,25H,4,7-12,14H2,1H3/t16-,19+/m1/s1. The molecule has 5 heteroatoms. The Morgan fingerprint density at radius 3 is 2.96 bits per heavy atom. The molecule has 2 atom stereocenters. The number of piperidine rings is 2. The Labute approximate surface area is 154 Å². The van der Waals surface area contributed by atoms with Crippen molar-refractivity contribution in [3.05, 3.63) is 35.9 Å². The van der Waals surface area contributed by atoms with Crippen LogP contribution in [-0.2, 0) is 4.79 Å². The highest BCUT2D eigenvalue weighted by atomic mass is 16.3. The molecule has 138 valence electrons. The summed E-state index contributed by atoms with van der Waals surface area (Å²) < 4.78 is 0. The van der Waals surface area contributed by atoms with Gasteiger partial charge in [0.15, 0.2) is 0 Å². The van der Waals surface area contributed by atoms with Crippen LogP contribution in [0.2, 0.25) is 0 Å². The van der Waals surface area contributed by atoms with Crippen LogP contribution in [0.5, 0.6) is 0 Å². The highest BCUT2D eigenvalue weighted by molar-refractivity contribution is 5.84. The van der Waals surface area contributed by atoms with Crippen LogP contribution in [0, 0.1) is 12.8 Å². The summed E-state index contributed by atoms with van der Waals surface area (Å²) in [4.78, 5) is 21.6. The van der Waals surface area contributed by atoms with Crippen LogP contribution in [0.15, 0.2) is 30.3 Å². The minimum Gasteiger partial charge on any atom is -0.396 e. The quantitative estimate of drug-likeness (QED) is 0.918. The van der Waals surface area contributed by atoms with E-state index in [1.807, 2.05) is 11.0 Å². The van der Waals surface area contributed by atoms with E-state index < -0.39 is 0 Å². The normalized spacial score (nSPS) is 23.4. The van der Waals surface area contributed by atoms with Crippen LogP contribution in [0.4, 0.5) is 5.82 Å². The number of pyridine rings is 1. The maximum atomic E-state index is 12.3. The van der Waals surface area contributed by atoms with E-state index >= 15 is 0 Å². The van der Waals surface area contributed by atoms with Gasteiger partial charge < -0.3 is 14.9 Å². The average molecular weight is 353 g/mol. The van der Waals surface area contributed by atoms with E-state index in [9.17, 15) is 4.79 Å². The van der Waals surface area contributed by atoms with Gasteiger partial charge in [0.05, 0.1) is 5.52 Å². The summed E-state index contributed by atoms with van der Waals surface area (Å²) in [5.41, 5.74) is 2.31. The molecule has 1 aromatic carbocycles. The maximum absolute atomic E-state index is 12.3. The Hall–Kier alpha value is -2.14. The topological polar surface area (TPSA) is 56.7 Å². The van der Waals surface area contributed by atoms with Gasteiger partial charge in [0.25, 0.3) is 0 Å². The van der Waals surface area contributed by atoms with Gasteiger partial charge in [-0.2, -0.15) is 0 Å². The zero-order chi connectivity index (χ0) is 18.1. The van der Waals surface area contributed by atoms with E-state index in [-0.39, 0.29) is 12.5 Å². The largest absolute Gasteiger partial charge is 0.396 e. The molecule has 2 aromatic rings. The number of aryl methyl sites for hydroxylation is 1. The molecule has 2 saturated heterocycles. The van der Waals surface area contributed by atoms with E-state index in [4.69, 9.17) is 10.1 Å². The van der Waals surface area contributed by atoms with Crippen molar-refractivity contribution in [3.8, 4) is 0 Å². The Morgan fingerprint density at radius 2 is 2.12 bits per heavy atom. The molecule has 0 saturated carbocycles. The molecule has 26 heavy (non-hydrogen) atoms. The van der Waals surface area contributed by atoms with Crippen molar-refractivity contribution >= 4 is 22.6 Å². The fourth-order valence-electron chi connectivity index (χ4n) is 4.58. The van der Waals surface area contributed by atoms with Crippen molar-refractivity contribution in [2.45, 2.75) is 38.6 Å². The van der Waals surface area contributed by atoms with Gasteiger partial charge in [-0.05, 0) is 49.8 Å². The number of para-hydroxylation sites is 1. The smallest absolute Gasteiger partial charge is 0.222 e. The molecule has 5 nitrogen and oxygen atoms in total. The van der Waals surface area contributed by atoms with Gasteiger partial charge in [0, 0.05) is 44.1 Å². The molecular weight excluding hydrogens is 326 g/mol. The van der Waals surface area contributed by atoms with Gasteiger partial charge in [0.1, 0.15) is 5.82 Å². The second-order valence-electron chi connectivity index (χ2n) is 7.58. The minimum atomic E-state index is 0.146. The first-order chi connectivity index (χ1) is 12.7. The number of aromatic nitrogens is 1. The number of carbonyl (C=O) groups is 1. The lowest BCUT2D eigenvalue weighted by Crippen LogP contribution is -2.56. The summed E-state index contributed by atoms with van der Waals surface area (Å²) in [6.45, 7) is 4.86. The number of fused-ring (bicyclic) bond motifs is 2. The number of amides is 1. The predicted molar refractivity (Wildman–Crippen MR) is 103 cm³/mol. The van der Waals surface area contributed by atoms with Gasteiger partial charge in [0.2, 0.25) is 5.91 Å². The number of hydrogen-bond donors (Lipinski definition) is 1. The highest BCUT2D eigenvalue weighted by Crippen LogP contribution is 2.34. The van der Waals surface area contributed by atoms with E-state index in [0.717, 1.165) is 37.3 Å². The third-order valence-electron chi connectivity index (χ3n) is 5.93. The van der Waals surface area contributed by atoms with Crippen molar-refractivity contribution < 1.29 is 9.90 Å². The van der Waals surface area contributed by atoms with Crippen LogP contribution in [0.1, 0.15) is 31.2 Å². The summed E-state index contributed by atoms with van der Waals surface area (Å²) in [6, 6.07) is 10.8. The van der Waals surface area contributed by atoms with Gasteiger partial charge >= 0.3 is 0 Å². The number of nitrogens with zero attached hydrogens (tertiary/aromatic N) is 3. The number of benzene rings is 1. The number of carbonyl (C=O) groups excluding carboxylic acids is 1. The lowest BCUT2D eigenvalue weighted by Gasteiger charge is -2.47. The van der Waals surface area contributed by atoms with Gasteiger partial charge in [-0.15, -0.1) is 0 Å². The zero-order valence-electron chi connectivity index (χ0n) is 15.4. The van der Waals surface area contributed by atoms with Crippen LogP contribution in [0.3, 0.4) is 0 Å². The molecule has 2 fully saturated rings. The number of likely N-dealkylation sites (tertiary alicyclic amines) is 1. The first-order valence-electron chi connectivity index (χ1n) is 9.69. The molecule has 2 aliphatic heterocycles. The molecule has 2 aliphatic rings. The first kappa shape index (κ1) is 17.3. The van der Waals surface area contributed by atoms with Crippen molar-refractivity contribution in [3.63, 3.8) is 0 Å². The number of hydrogen-bond acceptors (Lipinski definition) is 4. The monoisotopic (exact) mass is 353 g/mol. The van der Waals surface area contributed by atoms with Crippen LogP contribution in [-0.4, -0.2) is 53.2 Å². The molecule has 1 N–H and O–H groups in total. The van der Waals surface area contributed by atoms with Crippen molar-refractivity contribution in [1.82, 2.24) is 9.88 Å². The van der Waals surface area contributed by atoms with Crippen molar-refractivity contribution in [2.75, 3.05) is 31.1 Å². The lowest BCUT2D eigenvalue weighted by molar-refractivity contribution is -0.139. The van der Waals surface area contributed by atoms with E-state index in [1.165, 1.54) is 10.9 Å². The molecule has 0 aliphatic carbocycles. The number of aliphatic hydroxyl groups is 1. The van der Waals surface area contributed by atoms with Crippen molar-refractivity contribution in [2.24, 2.45) is 5.92 Å². The van der Waals surface area contributed by atoms with Crippen LogP contribution in [0.25, 0.3) is 10.9 Å². The molecule has 3 heterocycles. The molecule has 1 aromatic heterocycles. The second-order valence-corrected chi connectivity index (χ2v) is 7.58. The summed E-state index contributed by atoms with van der Waals surface area (Å²) >= 11 is 0.